The standard InChI is InChI=1S/C32H30N4O6S2/c1-3-42-29(38)18-24-19-44-32(34-24)36-28(37)20-43-26-14-12-23(13-15-26)33-31(40)27(17-21-8-7-11-25(16-21)41-2)35-30(39)22-9-5-4-6-10-22/h4-17,19H,3,18,20H2,1-2H3,(H,33,40)(H,35,39)(H,34,36,37)/b27-17-. The van der Waals surface area contributed by atoms with Gasteiger partial charge in [-0.1, -0.05) is 30.3 Å². The Balaban J connectivity index is 1.36. The lowest BCUT2D eigenvalue weighted by Gasteiger charge is -2.12. The molecule has 1 heterocycles. The average molecular weight is 631 g/mol. The zero-order valence-corrected chi connectivity index (χ0v) is 25.6. The molecule has 44 heavy (non-hydrogen) atoms. The number of rotatable bonds is 13. The number of esters is 1. The summed E-state index contributed by atoms with van der Waals surface area (Å²) in [5, 5.41) is 10.4. The summed E-state index contributed by atoms with van der Waals surface area (Å²) in [7, 11) is 1.55. The molecule has 3 amide bonds. The zero-order valence-electron chi connectivity index (χ0n) is 24.0. The van der Waals surface area contributed by atoms with E-state index in [1.165, 1.54) is 23.1 Å². The summed E-state index contributed by atoms with van der Waals surface area (Å²) in [6.07, 6.45) is 1.62. The Hall–Kier alpha value is -4.94. The van der Waals surface area contributed by atoms with Gasteiger partial charge in [-0.3, -0.25) is 19.2 Å². The third-order valence-electron chi connectivity index (χ3n) is 5.84. The average Bonchev–Trinajstić information content (AvgIpc) is 3.47. The van der Waals surface area contributed by atoms with E-state index in [4.69, 9.17) is 9.47 Å². The van der Waals surface area contributed by atoms with E-state index in [0.29, 0.717) is 40.0 Å². The van der Waals surface area contributed by atoms with E-state index in [-0.39, 0.29) is 29.7 Å². The number of carbonyl (C=O) groups is 4. The lowest BCUT2D eigenvalue weighted by molar-refractivity contribution is -0.142. The first kappa shape index (κ1) is 32.0. The van der Waals surface area contributed by atoms with Crippen LogP contribution in [0, 0.1) is 0 Å². The number of methoxy groups -OCH3 is 1. The van der Waals surface area contributed by atoms with Crippen molar-refractivity contribution in [1.29, 1.82) is 0 Å². The number of amides is 3. The quantitative estimate of drug-likeness (QED) is 0.102. The molecule has 0 unspecified atom stereocenters. The molecule has 3 N–H and O–H groups in total. The molecule has 4 rings (SSSR count). The Kier molecular flexibility index (Phi) is 11.7. The van der Waals surface area contributed by atoms with Crippen LogP contribution in [-0.4, -0.2) is 48.1 Å². The van der Waals surface area contributed by atoms with Crippen LogP contribution in [0.4, 0.5) is 10.8 Å². The highest BCUT2D eigenvalue weighted by molar-refractivity contribution is 8.00. The highest BCUT2D eigenvalue weighted by Crippen LogP contribution is 2.22. The number of nitrogens with one attached hydrogen (secondary N) is 3. The summed E-state index contributed by atoms with van der Waals surface area (Å²) in [5.74, 6) is -0.800. The van der Waals surface area contributed by atoms with E-state index in [9.17, 15) is 19.2 Å². The predicted molar refractivity (Wildman–Crippen MR) is 172 cm³/mol. The lowest BCUT2D eigenvalue weighted by Crippen LogP contribution is -2.30. The summed E-state index contributed by atoms with van der Waals surface area (Å²) in [5.41, 5.74) is 2.17. The van der Waals surface area contributed by atoms with Crippen molar-refractivity contribution < 1.29 is 28.7 Å². The van der Waals surface area contributed by atoms with Gasteiger partial charge < -0.3 is 25.4 Å². The van der Waals surface area contributed by atoms with E-state index < -0.39 is 11.8 Å². The number of anilines is 2. The minimum absolute atomic E-state index is 0.0508. The second-order valence-corrected chi connectivity index (χ2v) is 11.0. The van der Waals surface area contributed by atoms with E-state index >= 15 is 0 Å². The molecule has 0 saturated carbocycles. The number of thioether (sulfide) groups is 1. The Morgan fingerprint density at radius 2 is 1.73 bits per heavy atom. The largest absolute Gasteiger partial charge is 0.497 e. The molecule has 12 heteroatoms. The van der Waals surface area contributed by atoms with E-state index in [0.717, 1.165) is 4.90 Å². The van der Waals surface area contributed by atoms with Crippen LogP contribution < -0.4 is 20.7 Å². The molecular weight excluding hydrogens is 601 g/mol. The SMILES string of the molecule is CCOC(=O)Cc1csc(NC(=O)CSc2ccc(NC(=O)/C(=C/c3cccc(OC)c3)NC(=O)c3ccccc3)cc2)n1. The first-order valence-electron chi connectivity index (χ1n) is 13.5. The Bertz CT molecular complexity index is 1640. The number of benzene rings is 3. The van der Waals surface area contributed by atoms with E-state index in [2.05, 4.69) is 20.9 Å². The van der Waals surface area contributed by atoms with Crippen LogP contribution in [0.25, 0.3) is 6.08 Å². The number of hydrogen-bond acceptors (Lipinski definition) is 9. The van der Waals surface area contributed by atoms with Crippen molar-refractivity contribution in [2.45, 2.75) is 18.2 Å². The van der Waals surface area contributed by atoms with Crippen LogP contribution in [0.1, 0.15) is 28.5 Å². The summed E-state index contributed by atoms with van der Waals surface area (Å²) in [6, 6.07) is 22.7. The molecule has 0 aliphatic heterocycles. The molecule has 4 aromatic rings. The maximum atomic E-state index is 13.3. The summed E-state index contributed by atoms with van der Waals surface area (Å²) in [4.78, 5) is 55.3. The molecule has 0 spiro atoms. The molecule has 0 aliphatic rings. The molecule has 0 aliphatic carbocycles. The fourth-order valence-electron chi connectivity index (χ4n) is 3.78. The molecule has 0 bridgehead atoms. The predicted octanol–water partition coefficient (Wildman–Crippen LogP) is 5.40. The maximum absolute atomic E-state index is 13.3. The fourth-order valence-corrected chi connectivity index (χ4v) is 5.21. The van der Waals surface area contributed by atoms with Crippen molar-refractivity contribution in [2.75, 3.05) is 30.1 Å². The van der Waals surface area contributed by atoms with Crippen molar-refractivity contribution in [2.24, 2.45) is 0 Å². The van der Waals surface area contributed by atoms with Crippen LogP contribution in [-0.2, 0) is 25.5 Å². The van der Waals surface area contributed by atoms with Gasteiger partial charge in [-0.25, -0.2) is 4.98 Å². The number of carbonyl (C=O) groups excluding carboxylic acids is 4. The number of aromatic nitrogens is 1. The Morgan fingerprint density at radius 1 is 0.955 bits per heavy atom. The summed E-state index contributed by atoms with van der Waals surface area (Å²) < 4.78 is 10.2. The van der Waals surface area contributed by atoms with Gasteiger partial charge in [-0.15, -0.1) is 23.1 Å². The van der Waals surface area contributed by atoms with E-state index in [1.54, 1.807) is 104 Å². The van der Waals surface area contributed by atoms with Crippen LogP contribution >= 0.6 is 23.1 Å². The molecule has 0 radical (unpaired) electrons. The van der Waals surface area contributed by atoms with E-state index in [1.807, 2.05) is 0 Å². The van der Waals surface area contributed by atoms with Gasteiger partial charge in [0.2, 0.25) is 5.91 Å². The first-order chi connectivity index (χ1) is 21.3. The topological polar surface area (TPSA) is 136 Å². The fraction of sp³-hybridized carbons (Fsp3) is 0.156. The Labute approximate surface area is 262 Å². The minimum Gasteiger partial charge on any atom is -0.497 e. The van der Waals surface area contributed by atoms with Gasteiger partial charge >= 0.3 is 5.97 Å². The molecule has 10 nitrogen and oxygen atoms in total. The third kappa shape index (κ3) is 9.82. The second kappa shape index (κ2) is 16.1. The summed E-state index contributed by atoms with van der Waals surface area (Å²) >= 11 is 2.55. The van der Waals surface area contributed by atoms with Gasteiger partial charge in [0.1, 0.15) is 11.4 Å². The molecular formula is C32H30N4O6S2. The molecule has 0 fully saturated rings. The summed E-state index contributed by atoms with van der Waals surface area (Å²) in [6.45, 7) is 2.03. The maximum Gasteiger partial charge on any atom is 0.311 e. The van der Waals surface area contributed by atoms with Crippen molar-refractivity contribution in [3.63, 3.8) is 0 Å². The molecule has 3 aromatic carbocycles. The molecule has 1 aromatic heterocycles. The first-order valence-corrected chi connectivity index (χ1v) is 15.4. The number of thiazole rings is 1. The van der Waals surface area contributed by atoms with Crippen LogP contribution in [0.5, 0.6) is 5.75 Å². The van der Waals surface area contributed by atoms with Crippen LogP contribution in [0.15, 0.2) is 94.8 Å². The highest BCUT2D eigenvalue weighted by atomic mass is 32.2. The molecule has 226 valence electrons. The van der Waals surface area contributed by atoms with Gasteiger partial charge in [0.25, 0.3) is 11.8 Å². The minimum atomic E-state index is -0.511. The van der Waals surface area contributed by atoms with Crippen LogP contribution in [0.3, 0.4) is 0 Å². The van der Waals surface area contributed by atoms with Gasteiger partial charge in [0.05, 0.1) is 31.6 Å². The third-order valence-corrected chi connectivity index (χ3v) is 7.66. The van der Waals surface area contributed by atoms with Gasteiger partial charge in [0.15, 0.2) is 5.13 Å². The lowest BCUT2D eigenvalue weighted by atomic mass is 10.1. The molecule has 0 saturated heterocycles. The molecule has 0 atom stereocenters. The van der Waals surface area contributed by atoms with Crippen LogP contribution in [0.2, 0.25) is 0 Å². The van der Waals surface area contributed by atoms with Gasteiger partial charge in [0, 0.05) is 21.5 Å². The van der Waals surface area contributed by atoms with Crippen molar-refractivity contribution in [1.82, 2.24) is 10.3 Å². The van der Waals surface area contributed by atoms with Gasteiger partial charge in [-0.05, 0) is 67.1 Å². The second-order valence-electron chi connectivity index (χ2n) is 9.10. The number of hydrogen-bond donors (Lipinski definition) is 3. The number of ether oxygens (including phenoxy) is 2. The zero-order chi connectivity index (χ0) is 31.3. The van der Waals surface area contributed by atoms with Gasteiger partial charge in [-0.2, -0.15) is 0 Å². The number of nitrogens with zero attached hydrogens (tertiary/aromatic N) is 1. The highest BCUT2D eigenvalue weighted by Gasteiger charge is 2.16. The van der Waals surface area contributed by atoms with Crippen molar-refractivity contribution in [3.05, 3.63) is 107 Å². The monoisotopic (exact) mass is 630 g/mol. The van der Waals surface area contributed by atoms with Crippen molar-refractivity contribution >= 4 is 63.7 Å². The van der Waals surface area contributed by atoms with Crippen molar-refractivity contribution in [3.8, 4) is 5.75 Å². The Morgan fingerprint density at radius 3 is 2.45 bits per heavy atom. The normalized spacial score (nSPS) is 10.9. The smallest absolute Gasteiger partial charge is 0.311 e.